The van der Waals surface area contributed by atoms with Gasteiger partial charge in [-0.1, -0.05) is 30.3 Å². The topological polar surface area (TPSA) is 63.7 Å². The summed E-state index contributed by atoms with van der Waals surface area (Å²) in [6.07, 6.45) is 1.53. The van der Waals surface area contributed by atoms with E-state index in [0.717, 1.165) is 26.3 Å². The minimum Gasteiger partial charge on any atom is -0.481 e. The molecule has 132 valence electrons. The number of carbonyl (C=O) groups excluding carboxylic acids is 1. The fourth-order valence-corrected chi connectivity index (χ4v) is 2.95. The largest absolute Gasteiger partial charge is 0.481 e. The van der Waals surface area contributed by atoms with E-state index >= 15 is 0 Å². The highest BCUT2D eigenvalue weighted by Crippen LogP contribution is 2.21. The average Bonchev–Trinajstić information content (AvgIpc) is 2.70. The van der Waals surface area contributed by atoms with Crippen molar-refractivity contribution in [2.24, 2.45) is 0 Å². The van der Waals surface area contributed by atoms with Crippen LogP contribution in [0, 0.1) is 0 Å². The van der Waals surface area contributed by atoms with E-state index in [9.17, 15) is 4.79 Å². The number of carbonyl (C=O) groups is 1. The lowest BCUT2D eigenvalue weighted by atomic mass is 10.0. The zero-order valence-electron chi connectivity index (χ0n) is 14.4. The number of methoxy groups -OCH3 is 1. The second kappa shape index (κ2) is 8.60. The van der Waals surface area contributed by atoms with Crippen LogP contribution < -0.4 is 10.1 Å². The summed E-state index contributed by atoms with van der Waals surface area (Å²) in [5.74, 6) is 0.358. The quantitative estimate of drug-likeness (QED) is 0.869. The Balaban J connectivity index is 1.68. The zero-order valence-corrected chi connectivity index (χ0v) is 14.4. The molecule has 1 atom stereocenters. The van der Waals surface area contributed by atoms with Crippen molar-refractivity contribution in [3.05, 3.63) is 59.8 Å². The monoisotopic (exact) mass is 341 g/mol. The van der Waals surface area contributed by atoms with Crippen LogP contribution in [0.2, 0.25) is 0 Å². The number of rotatable bonds is 6. The molecular weight excluding hydrogens is 318 g/mol. The first-order chi connectivity index (χ1) is 12.3. The van der Waals surface area contributed by atoms with Crippen LogP contribution in [0.1, 0.15) is 22.0 Å². The predicted molar refractivity (Wildman–Crippen MR) is 94.7 cm³/mol. The van der Waals surface area contributed by atoms with Gasteiger partial charge in [-0.15, -0.1) is 0 Å². The molecule has 1 fully saturated rings. The summed E-state index contributed by atoms with van der Waals surface area (Å²) in [6, 6.07) is 13.8. The number of aromatic nitrogens is 1. The summed E-state index contributed by atoms with van der Waals surface area (Å²) >= 11 is 0. The molecule has 0 bridgehead atoms. The highest BCUT2D eigenvalue weighted by Gasteiger charge is 2.23. The molecule has 2 heterocycles. The normalized spacial score (nSPS) is 16.2. The van der Waals surface area contributed by atoms with Crippen molar-refractivity contribution in [1.82, 2.24) is 15.2 Å². The van der Waals surface area contributed by atoms with Gasteiger partial charge in [0.05, 0.1) is 31.9 Å². The molecular formula is C19H23N3O3. The van der Waals surface area contributed by atoms with E-state index in [2.05, 4.69) is 27.3 Å². The van der Waals surface area contributed by atoms with Crippen molar-refractivity contribution in [3.8, 4) is 5.88 Å². The summed E-state index contributed by atoms with van der Waals surface area (Å²) in [6.45, 7) is 3.70. The van der Waals surface area contributed by atoms with E-state index in [-0.39, 0.29) is 11.9 Å². The molecule has 0 radical (unpaired) electrons. The Morgan fingerprint density at radius 3 is 2.64 bits per heavy atom. The van der Waals surface area contributed by atoms with E-state index in [4.69, 9.17) is 9.47 Å². The van der Waals surface area contributed by atoms with Gasteiger partial charge in [0.25, 0.3) is 5.91 Å². The van der Waals surface area contributed by atoms with E-state index < -0.39 is 0 Å². The summed E-state index contributed by atoms with van der Waals surface area (Å²) in [7, 11) is 1.55. The van der Waals surface area contributed by atoms with Gasteiger partial charge in [-0.2, -0.15) is 0 Å². The van der Waals surface area contributed by atoms with Gasteiger partial charge >= 0.3 is 0 Å². The molecule has 0 aliphatic carbocycles. The van der Waals surface area contributed by atoms with Crippen LogP contribution in [-0.2, 0) is 4.74 Å². The Morgan fingerprint density at radius 1 is 1.24 bits per heavy atom. The molecule has 1 amide bonds. The fraction of sp³-hybridized carbons (Fsp3) is 0.368. The maximum atomic E-state index is 12.4. The number of nitrogens with zero attached hydrogens (tertiary/aromatic N) is 2. The molecule has 6 heteroatoms. The van der Waals surface area contributed by atoms with Crippen LogP contribution in [0.4, 0.5) is 0 Å². The maximum Gasteiger partial charge on any atom is 0.252 e. The first-order valence-corrected chi connectivity index (χ1v) is 8.43. The van der Waals surface area contributed by atoms with Crippen molar-refractivity contribution < 1.29 is 14.3 Å². The zero-order chi connectivity index (χ0) is 17.5. The van der Waals surface area contributed by atoms with Gasteiger partial charge in [0.15, 0.2) is 0 Å². The first kappa shape index (κ1) is 17.4. The minimum atomic E-state index is -0.135. The summed E-state index contributed by atoms with van der Waals surface area (Å²) < 4.78 is 10.5. The van der Waals surface area contributed by atoms with Gasteiger partial charge in [-0.05, 0) is 11.6 Å². The van der Waals surface area contributed by atoms with Crippen molar-refractivity contribution in [1.29, 1.82) is 0 Å². The highest BCUT2D eigenvalue weighted by atomic mass is 16.5. The molecule has 1 aromatic heterocycles. The van der Waals surface area contributed by atoms with Gasteiger partial charge in [0.2, 0.25) is 5.88 Å². The van der Waals surface area contributed by atoms with Crippen molar-refractivity contribution in [3.63, 3.8) is 0 Å². The van der Waals surface area contributed by atoms with Crippen LogP contribution >= 0.6 is 0 Å². The Labute approximate surface area is 147 Å². The van der Waals surface area contributed by atoms with Crippen molar-refractivity contribution in [2.45, 2.75) is 6.04 Å². The predicted octanol–water partition coefficient (Wildman–Crippen LogP) is 1.89. The minimum absolute atomic E-state index is 0.125. The molecule has 1 N–H and O–H groups in total. The second-order valence-corrected chi connectivity index (χ2v) is 5.87. The van der Waals surface area contributed by atoms with Gasteiger partial charge in [-0.3, -0.25) is 9.69 Å². The Kier molecular flexibility index (Phi) is 5.98. The van der Waals surface area contributed by atoms with Crippen LogP contribution in [0.15, 0.2) is 48.7 Å². The number of pyridine rings is 1. The molecule has 1 unspecified atom stereocenters. The lowest BCUT2D eigenvalue weighted by Crippen LogP contribution is -2.43. The molecule has 6 nitrogen and oxygen atoms in total. The molecule has 1 aromatic carbocycles. The highest BCUT2D eigenvalue weighted by molar-refractivity contribution is 5.93. The molecule has 3 rings (SSSR count). The molecule has 25 heavy (non-hydrogen) atoms. The number of hydrogen-bond donors (Lipinski definition) is 1. The van der Waals surface area contributed by atoms with E-state index in [0.29, 0.717) is 18.0 Å². The van der Waals surface area contributed by atoms with Crippen molar-refractivity contribution in [2.75, 3.05) is 40.0 Å². The molecule has 0 saturated carbocycles. The fourth-order valence-electron chi connectivity index (χ4n) is 2.95. The molecule has 1 aliphatic rings. The van der Waals surface area contributed by atoms with Gasteiger partial charge in [-0.25, -0.2) is 4.98 Å². The summed E-state index contributed by atoms with van der Waals surface area (Å²) in [5.41, 5.74) is 1.71. The number of nitrogens with one attached hydrogen (secondary N) is 1. The van der Waals surface area contributed by atoms with Gasteiger partial charge < -0.3 is 14.8 Å². The lowest BCUT2D eigenvalue weighted by Gasteiger charge is -2.34. The third-order valence-electron chi connectivity index (χ3n) is 4.33. The molecule has 1 aliphatic heterocycles. The standard InChI is InChI=1S/C19H23N3O3/c1-24-18-8-7-16(13-20-18)19(23)21-14-17(15-5-3-2-4-6-15)22-9-11-25-12-10-22/h2-8,13,17H,9-12,14H2,1H3,(H,21,23). The molecule has 2 aromatic rings. The Bertz CT molecular complexity index is 670. The first-order valence-electron chi connectivity index (χ1n) is 8.43. The number of amides is 1. The van der Waals surface area contributed by atoms with E-state index in [1.807, 2.05) is 18.2 Å². The Hall–Kier alpha value is -2.44. The van der Waals surface area contributed by atoms with Gasteiger partial charge in [0.1, 0.15) is 0 Å². The number of ether oxygens (including phenoxy) is 2. The third kappa shape index (κ3) is 4.55. The van der Waals surface area contributed by atoms with Crippen LogP contribution in [0.3, 0.4) is 0 Å². The average molecular weight is 341 g/mol. The van der Waals surface area contributed by atoms with Crippen LogP contribution in [-0.4, -0.2) is 55.7 Å². The SMILES string of the molecule is COc1ccc(C(=O)NCC(c2ccccc2)N2CCOCC2)cn1. The van der Waals surface area contributed by atoms with Crippen LogP contribution in [0.5, 0.6) is 5.88 Å². The Morgan fingerprint density at radius 2 is 2.00 bits per heavy atom. The van der Waals surface area contributed by atoms with Gasteiger partial charge in [0, 0.05) is 31.9 Å². The van der Waals surface area contributed by atoms with Crippen molar-refractivity contribution >= 4 is 5.91 Å². The third-order valence-corrected chi connectivity index (χ3v) is 4.33. The number of morpholine rings is 1. The second-order valence-electron chi connectivity index (χ2n) is 5.87. The van der Waals surface area contributed by atoms with E-state index in [1.165, 1.54) is 11.8 Å². The summed E-state index contributed by atoms with van der Waals surface area (Å²) in [5, 5.41) is 3.03. The molecule has 1 saturated heterocycles. The number of benzene rings is 1. The smallest absolute Gasteiger partial charge is 0.252 e. The van der Waals surface area contributed by atoms with Crippen LogP contribution in [0.25, 0.3) is 0 Å². The summed E-state index contributed by atoms with van der Waals surface area (Å²) in [4.78, 5) is 18.9. The maximum absolute atomic E-state index is 12.4. The molecule has 0 spiro atoms. The lowest BCUT2D eigenvalue weighted by molar-refractivity contribution is 0.0162. The van der Waals surface area contributed by atoms with E-state index in [1.54, 1.807) is 19.2 Å². The number of hydrogen-bond acceptors (Lipinski definition) is 5.